The number of methoxy groups -OCH3 is 1. The number of rotatable bonds is 12. The fraction of sp³-hybridized carbons (Fsp3) is 0.688. The lowest BCUT2D eigenvalue weighted by molar-refractivity contribution is 0.0642. The smallest absolute Gasteiger partial charge is 0.213 e. The number of pyridine rings is 1. The molecule has 1 rings (SSSR count). The number of hydrogen-bond acceptors (Lipinski definition) is 5. The summed E-state index contributed by atoms with van der Waals surface area (Å²) in [4.78, 5) is 4.30. The van der Waals surface area contributed by atoms with Crippen LogP contribution in [0, 0.1) is 5.92 Å². The quantitative estimate of drug-likeness (QED) is 0.600. The van der Waals surface area contributed by atoms with Crippen LogP contribution >= 0.6 is 0 Å². The van der Waals surface area contributed by atoms with Crippen molar-refractivity contribution in [1.82, 2.24) is 10.3 Å². The first-order valence-electron chi connectivity index (χ1n) is 7.57. The van der Waals surface area contributed by atoms with Gasteiger partial charge in [-0.05, 0) is 18.0 Å². The molecule has 0 fully saturated rings. The van der Waals surface area contributed by atoms with Gasteiger partial charge in [-0.2, -0.15) is 0 Å². The summed E-state index contributed by atoms with van der Waals surface area (Å²) >= 11 is 0. The van der Waals surface area contributed by atoms with E-state index in [1.165, 1.54) is 5.56 Å². The van der Waals surface area contributed by atoms with E-state index >= 15 is 0 Å². The third-order valence-electron chi connectivity index (χ3n) is 2.79. The van der Waals surface area contributed by atoms with Crippen molar-refractivity contribution >= 4 is 0 Å². The number of aromatic nitrogens is 1. The summed E-state index contributed by atoms with van der Waals surface area (Å²) in [7, 11) is 1.67. The molecule has 5 nitrogen and oxygen atoms in total. The molecule has 1 aromatic heterocycles. The van der Waals surface area contributed by atoms with Crippen LogP contribution in [-0.2, 0) is 16.0 Å². The Morgan fingerprint density at radius 3 is 2.67 bits per heavy atom. The van der Waals surface area contributed by atoms with E-state index in [2.05, 4.69) is 24.1 Å². The van der Waals surface area contributed by atoms with Gasteiger partial charge in [-0.3, -0.25) is 0 Å². The van der Waals surface area contributed by atoms with Crippen LogP contribution in [0.25, 0.3) is 0 Å². The van der Waals surface area contributed by atoms with Crippen LogP contribution in [0.5, 0.6) is 5.88 Å². The minimum Gasteiger partial charge on any atom is -0.478 e. The molecular weight excluding hydrogens is 268 g/mol. The molecule has 0 bridgehead atoms. The molecule has 0 amide bonds. The van der Waals surface area contributed by atoms with E-state index in [1.54, 1.807) is 7.11 Å². The highest BCUT2D eigenvalue weighted by molar-refractivity contribution is 5.17. The van der Waals surface area contributed by atoms with Gasteiger partial charge in [0.25, 0.3) is 0 Å². The molecule has 120 valence electrons. The van der Waals surface area contributed by atoms with Gasteiger partial charge in [0, 0.05) is 38.9 Å². The highest BCUT2D eigenvalue weighted by atomic mass is 16.5. The van der Waals surface area contributed by atoms with E-state index < -0.39 is 0 Å². The lowest BCUT2D eigenvalue weighted by Gasteiger charge is -2.08. The van der Waals surface area contributed by atoms with Crippen molar-refractivity contribution < 1.29 is 14.2 Å². The van der Waals surface area contributed by atoms with Gasteiger partial charge >= 0.3 is 0 Å². The van der Waals surface area contributed by atoms with Crippen molar-refractivity contribution in [2.45, 2.75) is 26.8 Å². The van der Waals surface area contributed by atoms with Crippen LogP contribution in [0.15, 0.2) is 18.3 Å². The Hall–Kier alpha value is -1.17. The Morgan fingerprint density at radius 1 is 1.14 bits per heavy atom. The van der Waals surface area contributed by atoms with Crippen LogP contribution in [0.3, 0.4) is 0 Å². The molecule has 0 unspecified atom stereocenters. The molecule has 0 aliphatic carbocycles. The molecule has 1 aromatic rings. The molecule has 21 heavy (non-hydrogen) atoms. The predicted molar refractivity (Wildman–Crippen MR) is 83.6 cm³/mol. The minimum absolute atomic E-state index is 0.616. The number of ether oxygens (including phenoxy) is 3. The van der Waals surface area contributed by atoms with Crippen molar-refractivity contribution in [2.75, 3.05) is 40.1 Å². The second-order valence-corrected chi connectivity index (χ2v) is 5.34. The van der Waals surface area contributed by atoms with Crippen LogP contribution < -0.4 is 10.1 Å². The zero-order valence-corrected chi connectivity index (χ0v) is 13.4. The first kappa shape index (κ1) is 17.9. The minimum atomic E-state index is 0.616. The first-order chi connectivity index (χ1) is 10.2. The van der Waals surface area contributed by atoms with Gasteiger partial charge in [-0.1, -0.05) is 19.9 Å². The Bertz CT molecular complexity index is 355. The van der Waals surface area contributed by atoms with Gasteiger partial charge in [-0.15, -0.1) is 0 Å². The summed E-state index contributed by atoms with van der Waals surface area (Å²) in [5.41, 5.74) is 1.17. The molecule has 0 spiro atoms. The largest absolute Gasteiger partial charge is 0.478 e. The fourth-order valence-corrected chi connectivity index (χ4v) is 1.69. The monoisotopic (exact) mass is 296 g/mol. The van der Waals surface area contributed by atoms with E-state index in [0.717, 1.165) is 19.5 Å². The molecule has 0 aliphatic rings. The summed E-state index contributed by atoms with van der Waals surface area (Å²) in [5, 5.41) is 3.39. The SMILES string of the molecule is COCCOCCCOc1ccc(CNCC(C)C)cn1. The summed E-state index contributed by atoms with van der Waals surface area (Å²) < 4.78 is 15.8. The first-order valence-corrected chi connectivity index (χ1v) is 7.57. The van der Waals surface area contributed by atoms with Crippen LogP contribution in [0.2, 0.25) is 0 Å². The Labute approximate surface area is 128 Å². The number of hydrogen-bond donors (Lipinski definition) is 1. The van der Waals surface area contributed by atoms with Crippen LogP contribution in [0.4, 0.5) is 0 Å². The third-order valence-corrected chi connectivity index (χ3v) is 2.79. The molecule has 5 heteroatoms. The van der Waals surface area contributed by atoms with Crippen molar-refractivity contribution in [3.8, 4) is 5.88 Å². The second-order valence-electron chi connectivity index (χ2n) is 5.34. The lowest BCUT2D eigenvalue weighted by Crippen LogP contribution is -2.19. The molecule has 0 saturated carbocycles. The average Bonchev–Trinajstić information content (AvgIpc) is 2.47. The van der Waals surface area contributed by atoms with Gasteiger partial charge in [0.05, 0.1) is 19.8 Å². The average molecular weight is 296 g/mol. The van der Waals surface area contributed by atoms with Gasteiger partial charge in [-0.25, -0.2) is 4.98 Å². The summed E-state index contributed by atoms with van der Waals surface area (Å²) in [6.07, 6.45) is 2.71. The maximum absolute atomic E-state index is 5.57. The molecule has 0 aromatic carbocycles. The Morgan fingerprint density at radius 2 is 2.00 bits per heavy atom. The number of nitrogens with zero attached hydrogens (tertiary/aromatic N) is 1. The van der Waals surface area contributed by atoms with E-state index in [0.29, 0.717) is 38.2 Å². The standard InChI is InChI=1S/C16H28N2O3/c1-14(2)11-17-12-15-5-6-16(18-13-15)21-8-4-7-20-10-9-19-3/h5-6,13-14,17H,4,7-12H2,1-3H3. The maximum Gasteiger partial charge on any atom is 0.213 e. The topological polar surface area (TPSA) is 52.6 Å². The van der Waals surface area contributed by atoms with Crippen molar-refractivity contribution in [1.29, 1.82) is 0 Å². The summed E-state index contributed by atoms with van der Waals surface area (Å²) in [6, 6.07) is 3.96. The van der Waals surface area contributed by atoms with Crippen LogP contribution in [-0.4, -0.2) is 45.1 Å². The molecule has 0 atom stereocenters. The molecule has 0 saturated heterocycles. The normalized spacial score (nSPS) is 11.0. The van der Waals surface area contributed by atoms with E-state index in [4.69, 9.17) is 14.2 Å². The van der Waals surface area contributed by atoms with E-state index in [-0.39, 0.29) is 0 Å². The molecule has 1 heterocycles. The van der Waals surface area contributed by atoms with Crippen molar-refractivity contribution in [3.63, 3.8) is 0 Å². The summed E-state index contributed by atoms with van der Waals surface area (Å²) in [6.45, 7) is 8.82. The van der Waals surface area contributed by atoms with Crippen molar-refractivity contribution in [2.24, 2.45) is 5.92 Å². The second kappa shape index (κ2) is 11.5. The third kappa shape index (κ3) is 9.39. The highest BCUT2D eigenvalue weighted by Gasteiger charge is 1.98. The fourth-order valence-electron chi connectivity index (χ4n) is 1.69. The van der Waals surface area contributed by atoms with Gasteiger partial charge < -0.3 is 19.5 Å². The zero-order chi connectivity index (χ0) is 15.3. The summed E-state index contributed by atoms with van der Waals surface area (Å²) in [5.74, 6) is 1.33. The Kier molecular flexibility index (Phi) is 9.78. The highest BCUT2D eigenvalue weighted by Crippen LogP contribution is 2.08. The van der Waals surface area contributed by atoms with Gasteiger partial charge in [0.2, 0.25) is 5.88 Å². The van der Waals surface area contributed by atoms with E-state index in [9.17, 15) is 0 Å². The van der Waals surface area contributed by atoms with E-state index in [1.807, 2.05) is 18.3 Å². The molecule has 1 N–H and O–H groups in total. The predicted octanol–water partition coefficient (Wildman–Crippen LogP) is 2.26. The molecule has 0 radical (unpaired) electrons. The Balaban J connectivity index is 2.10. The molecule has 0 aliphatic heterocycles. The van der Waals surface area contributed by atoms with Crippen LogP contribution in [0.1, 0.15) is 25.8 Å². The van der Waals surface area contributed by atoms with Gasteiger partial charge in [0.1, 0.15) is 0 Å². The van der Waals surface area contributed by atoms with Crippen molar-refractivity contribution in [3.05, 3.63) is 23.9 Å². The van der Waals surface area contributed by atoms with Gasteiger partial charge in [0.15, 0.2) is 0 Å². The lowest BCUT2D eigenvalue weighted by atomic mass is 10.2. The maximum atomic E-state index is 5.57. The number of nitrogens with one attached hydrogen (secondary N) is 1. The molecular formula is C16H28N2O3. The zero-order valence-electron chi connectivity index (χ0n) is 13.4.